The first-order valence-corrected chi connectivity index (χ1v) is 8.96. The zero-order chi connectivity index (χ0) is 18.4. The topological polar surface area (TPSA) is 85.4 Å². The molecular formula is C20H25N5O. The minimum atomic E-state index is 0.141. The van der Waals surface area contributed by atoms with E-state index in [0.717, 1.165) is 25.0 Å². The molecule has 0 bridgehead atoms. The fourth-order valence-electron chi connectivity index (χ4n) is 2.91. The Morgan fingerprint density at radius 1 is 1.27 bits per heavy atom. The molecule has 6 nitrogen and oxygen atoms in total. The van der Waals surface area contributed by atoms with Crippen LogP contribution in [0.15, 0.2) is 47.2 Å². The van der Waals surface area contributed by atoms with Gasteiger partial charge in [0.05, 0.1) is 6.20 Å². The lowest BCUT2D eigenvalue weighted by atomic mass is 9.91. The molecule has 0 spiro atoms. The first-order chi connectivity index (χ1) is 12.7. The first kappa shape index (κ1) is 17.9. The normalized spacial score (nSPS) is 15.8. The summed E-state index contributed by atoms with van der Waals surface area (Å²) in [6.07, 6.45) is 7.61. The number of anilines is 2. The van der Waals surface area contributed by atoms with E-state index in [1.807, 2.05) is 18.5 Å². The molecule has 26 heavy (non-hydrogen) atoms. The molecule has 136 valence electrons. The van der Waals surface area contributed by atoms with Crippen molar-refractivity contribution < 1.29 is 4.74 Å². The highest BCUT2D eigenvalue weighted by Crippen LogP contribution is 2.30. The molecule has 0 fully saturated rings. The van der Waals surface area contributed by atoms with Gasteiger partial charge in [-0.1, -0.05) is 37.6 Å². The lowest BCUT2D eigenvalue weighted by Gasteiger charge is -2.17. The van der Waals surface area contributed by atoms with Crippen molar-refractivity contribution in [2.24, 2.45) is 4.99 Å². The van der Waals surface area contributed by atoms with Gasteiger partial charge in [0.15, 0.2) is 11.6 Å². The molecule has 0 saturated carbocycles. The summed E-state index contributed by atoms with van der Waals surface area (Å²) in [4.78, 5) is 12.7. The van der Waals surface area contributed by atoms with Crippen LogP contribution in [0.1, 0.15) is 36.8 Å². The lowest BCUT2D eigenvalue weighted by molar-refractivity contribution is 0.347. The number of ether oxygens (including phenoxy) is 1. The van der Waals surface area contributed by atoms with Gasteiger partial charge < -0.3 is 15.8 Å². The second-order valence-corrected chi connectivity index (χ2v) is 6.35. The van der Waals surface area contributed by atoms with E-state index < -0.39 is 0 Å². The van der Waals surface area contributed by atoms with E-state index in [1.165, 1.54) is 11.1 Å². The molecule has 0 amide bonds. The van der Waals surface area contributed by atoms with E-state index in [0.29, 0.717) is 18.2 Å². The molecule has 1 aromatic heterocycles. The zero-order valence-electron chi connectivity index (χ0n) is 15.3. The van der Waals surface area contributed by atoms with Crippen LogP contribution in [-0.4, -0.2) is 29.3 Å². The van der Waals surface area contributed by atoms with Gasteiger partial charge in [0, 0.05) is 24.9 Å². The molecule has 3 rings (SSSR count). The van der Waals surface area contributed by atoms with Crippen molar-refractivity contribution in [3.8, 4) is 5.75 Å². The summed E-state index contributed by atoms with van der Waals surface area (Å²) in [6, 6.07) is 8.35. The number of nitrogen functional groups attached to an aromatic ring is 1. The molecule has 2 aromatic rings. The van der Waals surface area contributed by atoms with Crippen LogP contribution in [0, 0.1) is 6.92 Å². The van der Waals surface area contributed by atoms with Crippen LogP contribution in [0.5, 0.6) is 5.75 Å². The van der Waals surface area contributed by atoms with E-state index in [-0.39, 0.29) is 11.9 Å². The number of hydrogen-bond donors (Lipinski definition) is 2. The molecule has 0 saturated heterocycles. The van der Waals surface area contributed by atoms with Crippen molar-refractivity contribution >= 4 is 18.0 Å². The third kappa shape index (κ3) is 4.20. The Morgan fingerprint density at radius 2 is 2.12 bits per heavy atom. The van der Waals surface area contributed by atoms with Gasteiger partial charge in [0.1, 0.15) is 6.61 Å². The Balaban J connectivity index is 1.70. The molecule has 2 heterocycles. The first-order valence-electron chi connectivity index (χ1n) is 8.96. The second kappa shape index (κ2) is 8.47. The number of rotatable bonds is 8. The largest absolute Gasteiger partial charge is 0.484 e. The van der Waals surface area contributed by atoms with Crippen LogP contribution in [0.25, 0.3) is 0 Å². The summed E-state index contributed by atoms with van der Waals surface area (Å²) in [6.45, 7) is 5.50. The second-order valence-electron chi connectivity index (χ2n) is 6.35. The molecule has 1 aliphatic heterocycles. The van der Waals surface area contributed by atoms with Crippen LogP contribution in [0.2, 0.25) is 0 Å². The van der Waals surface area contributed by atoms with Crippen molar-refractivity contribution in [1.82, 2.24) is 9.97 Å². The Morgan fingerprint density at radius 3 is 2.92 bits per heavy atom. The maximum atomic E-state index is 6.01. The van der Waals surface area contributed by atoms with Gasteiger partial charge in [0.25, 0.3) is 0 Å². The molecule has 1 aromatic carbocycles. The summed E-state index contributed by atoms with van der Waals surface area (Å²) in [7, 11) is 0. The molecule has 0 radical (unpaired) electrons. The summed E-state index contributed by atoms with van der Waals surface area (Å²) >= 11 is 0. The fraction of sp³-hybridized carbons (Fsp3) is 0.350. The summed E-state index contributed by atoms with van der Waals surface area (Å²) < 4.78 is 6.01. The Bertz CT molecular complexity index is 816. The molecule has 0 aliphatic carbocycles. The molecule has 1 atom stereocenters. The summed E-state index contributed by atoms with van der Waals surface area (Å²) in [5.74, 6) is 1.62. The Hall–Kier alpha value is -2.89. The van der Waals surface area contributed by atoms with Crippen LogP contribution >= 0.6 is 0 Å². The molecule has 6 heteroatoms. The maximum Gasteiger partial charge on any atom is 0.222 e. The van der Waals surface area contributed by atoms with Crippen LogP contribution in [0.4, 0.5) is 11.8 Å². The van der Waals surface area contributed by atoms with Crippen molar-refractivity contribution in [3.63, 3.8) is 0 Å². The highest BCUT2D eigenvalue weighted by atomic mass is 16.5. The van der Waals surface area contributed by atoms with E-state index >= 15 is 0 Å². The smallest absolute Gasteiger partial charge is 0.222 e. The molecule has 1 unspecified atom stereocenters. The zero-order valence-corrected chi connectivity index (χ0v) is 15.3. The van der Waals surface area contributed by atoms with Crippen LogP contribution in [-0.2, 0) is 0 Å². The fourth-order valence-corrected chi connectivity index (χ4v) is 2.91. The molecule has 1 aliphatic rings. The van der Waals surface area contributed by atoms with Gasteiger partial charge in [0.2, 0.25) is 5.95 Å². The van der Waals surface area contributed by atoms with Gasteiger partial charge in [-0.2, -0.15) is 4.98 Å². The summed E-state index contributed by atoms with van der Waals surface area (Å²) in [5, 5.41) is 3.28. The van der Waals surface area contributed by atoms with E-state index in [2.05, 4.69) is 52.3 Å². The standard InChI is InChI=1S/C20H25N5O/c1-3-4-9-23-19-18(12-24-20(21)25-19)26-13-15-10-22-11-17(15)16-8-6-5-7-14(16)2/h5-8,10-12,17H,3-4,9,13H2,1-2H3,(H3,21,23,24,25). The molecule has 3 N–H and O–H groups in total. The minimum Gasteiger partial charge on any atom is -0.484 e. The van der Waals surface area contributed by atoms with E-state index in [4.69, 9.17) is 10.5 Å². The number of hydrogen-bond acceptors (Lipinski definition) is 6. The Kier molecular flexibility index (Phi) is 5.84. The number of aromatic nitrogens is 2. The van der Waals surface area contributed by atoms with Crippen LogP contribution in [0.3, 0.4) is 0 Å². The third-order valence-corrected chi connectivity index (χ3v) is 4.39. The summed E-state index contributed by atoms with van der Waals surface area (Å²) in [5.41, 5.74) is 9.32. The van der Waals surface area contributed by atoms with E-state index in [1.54, 1.807) is 6.20 Å². The van der Waals surface area contributed by atoms with Crippen molar-refractivity contribution in [2.45, 2.75) is 32.6 Å². The Labute approximate surface area is 154 Å². The van der Waals surface area contributed by atoms with Gasteiger partial charge in [-0.25, -0.2) is 4.98 Å². The van der Waals surface area contributed by atoms with Crippen molar-refractivity contribution in [1.29, 1.82) is 0 Å². The van der Waals surface area contributed by atoms with Crippen LogP contribution < -0.4 is 15.8 Å². The lowest BCUT2D eigenvalue weighted by Crippen LogP contribution is -2.13. The minimum absolute atomic E-state index is 0.141. The average molecular weight is 351 g/mol. The van der Waals surface area contributed by atoms with Gasteiger partial charge in [-0.15, -0.1) is 0 Å². The van der Waals surface area contributed by atoms with Gasteiger partial charge >= 0.3 is 0 Å². The van der Waals surface area contributed by atoms with Gasteiger partial charge in [-0.05, 0) is 30.0 Å². The number of unbranched alkanes of at least 4 members (excludes halogenated alkanes) is 1. The molecular weight excluding hydrogens is 326 g/mol. The van der Waals surface area contributed by atoms with Crippen molar-refractivity contribution in [2.75, 3.05) is 24.2 Å². The number of nitrogens with two attached hydrogens (primary N) is 1. The number of aryl methyl sites for hydroxylation is 1. The number of nitrogens with zero attached hydrogens (tertiary/aromatic N) is 3. The maximum absolute atomic E-state index is 6.01. The number of benzene rings is 1. The average Bonchev–Trinajstić information content (AvgIpc) is 3.10. The van der Waals surface area contributed by atoms with Gasteiger partial charge in [-0.3, -0.25) is 4.99 Å². The highest BCUT2D eigenvalue weighted by molar-refractivity contribution is 5.77. The highest BCUT2D eigenvalue weighted by Gasteiger charge is 2.21. The van der Waals surface area contributed by atoms with Crippen molar-refractivity contribution in [3.05, 3.63) is 53.4 Å². The monoisotopic (exact) mass is 351 g/mol. The number of nitrogens with one attached hydrogen (secondary N) is 1. The quantitative estimate of drug-likeness (QED) is 0.708. The predicted octanol–water partition coefficient (Wildman–Crippen LogP) is 3.71. The SMILES string of the molecule is CCCCNc1nc(N)ncc1OCC1=CN=CC1c1ccccc1C. The van der Waals surface area contributed by atoms with E-state index in [9.17, 15) is 0 Å². The number of aliphatic imine (C=N–C) groups is 1. The third-order valence-electron chi connectivity index (χ3n) is 4.39. The predicted molar refractivity (Wildman–Crippen MR) is 106 cm³/mol.